The van der Waals surface area contributed by atoms with Gasteiger partial charge in [0.25, 0.3) is 11.8 Å². The number of carbonyl (C=O) groups is 4. The first kappa shape index (κ1) is 69.8. The molecule has 2 amide bonds. The first-order chi connectivity index (χ1) is 36.8. The molecule has 8 rings (SSSR count). The summed E-state index contributed by atoms with van der Waals surface area (Å²) in [7, 11) is -21.7. The van der Waals surface area contributed by atoms with Gasteiger partial charge in [-0.15, -0.1) is 0 Å². The minimum atomic E-state index is -5.57. The topological polar surface area (TPSA) is 388 Å². The number of ether oxygens (including phenoxy) is 2. The van der Waals surface area contributed by atoms with E-state index in [1.807, 2.05) is 0 Å². The van der Waals surface area contributed by atoms with E-state index in [9.17, 15) is 71.1 Å². The van der Waals surface area contributed by atoms with Crippen molar-refractivity contribution in [2.45, 2.75) is 23.6 Å². The summed E-state index contributed by atoms with van der Waals surface area (Å²) in [5.41, 5.74) is 0.964. The third kappa shape index (κ3) is 16.0. The summed E-state index contributed by atoms with van der Waals surface area (Å²) in [6.45, 7) is 3.30. The van der Waals surface area contributed by atoms with Gasteiger partial charge in [-0.1, -0.05) is 48.5 Å². The first-order valence-corrected chi connectivity index (χ1v) is 28.1. The fraction of sp³-hybridized carbons (Fsp3) is 0.0800. The molecular formula is C50H36N6Na4O18S4. The Morgan fingerprint density at radius 2 is 0.805 bits per heavy atom. The number of hydrogen-bond acceptors (Lipinski definition) is 22. The number of amides is 2. The molecule has 82 heavy (non-hydrogen) atoms. The average Bonchev–Trinajstić information content (AvgIpc) is 3.39. The van der Waals surface area contributed by atoms with Crippen molar-refractivity contribution in [1.82, 2.24) is 0 Å². The summed E-state index contributed by atoms with van der Waals surface area (Å²) in [6, 6.07) is 26.4. The molecule has 0 atom stereocenters. The number of anilines is 4. The Balaban J connectivity index is 0.00000361. The van der Waals surface area contributed by atoms with Crippen LogP contribution in [0.4, 0.5) is 22.7 Å². The Kier molecular flexibility index (Phi) is 24.2. The van der Waals surface area contributed by atoms with E-state index in [1.165, 1.54) is 84.9 Å². The minimum Gasteiger partial charge on any atom is -0.744 e. The monoisotopic (exact) mass is 1230 g/mol. The molecule has 402 valence electrons. The van der Waals surface area contributed by atoms with Crippen molar-refractivity contribution >= 4 is 110 Å². The number of nitrogens with zero attached hydrogens (tertiary/aromatic N) is 2. The number of carbonyl (C=O) groups excluding carboxylic acids is 4. The zero-order chi connectivity index (χ0) is 56.5. The van der Waals surface area contributed by atoms with E-state index >= 15 is 0 Å². The molecule has 0 radical (unpaired) electrons. The van der Waals surface area contributed by atoms with E-state index in [0.717, 1.165) is 0 Å². The van der Waals surface area contributed by atoms with Crippen LogP contribution in [-0.4, -0.2) is 99.9 Å². The zero-order valence-electron chi connectivity index (χ0n) is 44.0. The molecule has 6 aromatic carbocycles. The van der Waals surface area contributed by atoms with Crippen molar-refractivity contribution in [1.29, 1.82) is 0 Å². The van der Waals surface area contributed by atoms with Crippen LogP contribution in [0.15, 0.2) is 151 Å². The predicted octanol–water partition coefficient (Wildman–Crippen LogP) is -6.42. The molecule has 0 aromatic heterocycles. The molecule has 0 saturated carbocycles. The smallest absolute Gasteiger partial charge is 0.744 e. The van der Waals surface area contributed by atoms with E-state index in [4.69, 9.17) is 9.47 Å². The number of hydrazone groups is 2. The minimum absolute atomic E-state index is 0. The van der Waals surface area contributed by atoms with Crippen LogP contribution in [0.1, 0.15) is 66.4 Å². The Morgan fingerprint density at radius 1 is 0.463 bits per heavy atom. The molecule has 2 aliphatic rings. The van der Waals surface area contributed by atoms with Crippen LogP contribution in [0.25, 0.3) is 23.3 Å². The molecular weight excluding hydrogens is 1190 g/mol. The van der Waals surface area contributed by atoms with Gasteiger partial charge in [-0.3, -0.25) is 30.0 Å². The van der Waals surface area contributed by atoms with Crippen LogP contribution in [0.3, 0.4) is 0 Å². The van der Waals surface area contributed by atoms with Gasteiger partial charge in [-0.25, -0.2) is 33.7 Å². The second-order valence-corrected chi connectivity index (χ2v) is 21.9. The molecule has 0 unspecified atom stereocenters. The normalized spacial score (nSPS) is 13.9. The molecule has 0 fully saturated rings. The van der Waals surface area contributed by atoms with Gasteiger partial charge in [0.1, 0.15) is 63.4 Å². The van der Waals surface area contributed by atoms with E-state index in [-0.39, 0.29) is 165 Å². The van der Waals surface area contributed by atoms with E-state index in [2.05, 4.69) is 31.7 Å². The molecule has 6 aromatic rings. The summed E-state index contributed by atoms with van der Waals surface area (Å²) in [5.74, 6) is -4.15. The Labute approximate surface area is 557 Å². The second kappa shape index (κ2) is 28.4. The SMILES string of the molecule is CCOc1cc(-c2ccc(N/N=C3/C(=O)c4c(cc(S(=O)(=O)[O-])cc4NC(=O)c4ccccc4)C=C3S(=O)(=O)[O-])c(OCC)c2)ccc1N/N=C1/C(=O)c2c(cc(S(=O)(=O)[O-])cc2NC(=O)c2ccccc2)C=C1S(=O)(=O)[O-].[Na+].[Na+].[Na+].[Na+]. The standard InChI is InChI=1S/C50H40N6O18S4.4Na/c1-3-73-39-21-29(15-17-35(39)53-55-45-41(77(67,68)69)23-31-19-33(75(61,62)63)25-37(43(31)47(45)57)51-49(59)27-11-7-5-8-12-27)30-16-18-36(40(22-30)74-4-2)54-56-46-42(78(70,71)72)24-32-20-34(76(64,65)66)26-38(44(32)48(46)58)52-50(60)28-13-9-6-10-14-28;;;;/h5-26,53-54H,3-4H2,1-2H3,(H,51,59)(H,52,60)(H,61,62,63)(H,64,65,66)(H,67,68,69)(H,70,71,72);;;;/q;4*+1/p-4/b55-45+,56-46+;;;;. The number of hydrogen-bond donors (Lipinski definition) is 4. The van der Waals surface area contributed by atoms with Crippen LogP contribution < -0.4 is 149 Å². The summed E-state index contributed by atoms with van der Waals surface area (Å²) >= 11 is 0. The third-order valence-corrected chi connectivity index (χ3v) is 14.7. The molecule has 0 aliphatic heterocycles. The maximum Gasteiger partial charge on any atom is 1.00 e. The van der Waals surface area contributed by atoms with Gasteiger partial charge in [0, 0.05) is 11.1 Å². The molecule has 0 spiro atoms. The van der Waals surface area contributed by atoms with Gasteiger partial charge >= 0.3 is 118 Å². The summed E-state index contributed by atoms with van der Waals surface area (Å²) in [5, 5.41) is 12.7. The van der Waals surface area contributed by atoms with E-state index in [1.54, 1.807) is 26.0 Å². The number of fused-ring (bicyclic) bond motifs is 2. The summed E-state index contributed by atoms with van der Waals surface area (Å²) in [4.78, 5) is 50.5. The Morgan fingerprint density at radius 3 is 1.11 bits per heavy atom. The molecule has 32 heteroatoms. The molecule has 0 bridgehead atoms. The van der Waals surface area contributed by atoms with Crippen molar-refractivity contribution in [3.63, 3.8) is 0 Å². The van der Waals surface area contributed by atoms with Crippen LogP contribution in [0, 0.1) is 0 Å². The van der Waals surface area contributed by atoms with E-state index < -0.39 is 129 Å². The van der Waals surface area contributed by atoms with Crippen LogP contribution in [-0.2, 0) is 40.5 Å². The van der Waals surface area contributed by atoms with Gasteiger partial charge < -0.3 is 38.3 Å². The molecule has 0 saturated heterocycles. The summed E-state index contributed by atoms with van der Waals surface area (Å²) in [6.07, 6.45) is 1.28. The number of Topliss-reactive ketones (excluding diaryl/α,β-unsaturated/α-hetero) is 2. The predicted molar refractivity (Wildman–Crippen MR) is 278 cm³/mol. The maximum absolute atomic E-state index is 14.2. The number of rotatable bonds is 17. The zero-order valence-corrected chi connectivity index (χ0v) is 55.3. The van der Waals surface area contributed by atoms with Gasteiger partial charge in [0.2, 0.25) is 11.6 Å². The van der Waals surface area contributed by atoms with Crippen LogP contribution in [0.2, 0.25) is 0 Å². The largest absolute Gasteiger partial charge is 1.00 e. The number of benzene rings is 6. The number of allylic oxidation sites excluding steroid dienone is 2. The van der Waals surface area contributed by atoms with Crippen molar-refractivity contribution in [2.24, 2.45) is 10.2 Å². The maximum atomic E-state index is 14.2. The Bertz CT molecular complexity index is 3880. The van der Waals surface area contributed by atoms with Crippen LogP contribution >= 0.6 is 0 Å². The van der Waals surface area contributed by atoms with Crippen LogP contribution in [0.5, 0.6) is 11.5 Å². The van der Waals surface area contributed by atoms with E-state index in [0.29, 0.717) is 47.5 Å². The van der Waals surface area contributed by atoms with Gasteiger partial charge in [0.15, 0.2) is 0 Å². The van der Waals surface area contributed by atoms with Crippen molar-refractivity contribution in [3.8, 4) is 22.6 Å². The van der Waals surface area contributed by atoms with Crippen molar-refractivity contribution < 1.29 is 199 Å². The van der Waals surface area contributed by atoms with Crippen molar-refractivity contribution in [2.75, 3.05) is 34.7 Å². The fourth-order valence-electron chi connectivity index (χ4n) is 7.91. The molecule has 2 aliphatic carbocycles. The third-order valence-electron chi connectivity index (χ3n) is 11.4. The molecule has 24 nitrogen and oxygen atoms in total. The quantitative estimate of drug-likeness (QED) is 0.0375. The fourth-order valence-corrected chi connectivity index (χ4v) is 10.3. The van der Waals surface area contributed by atoms with Crippen molar-refractivity contribution in [3.05, 3.63) is 165 Å². The van der Waals surface area contributed by atoms with Gasteiger partial charge in [-0.2, -0.15) is 10.2 Å². The number of nitrogens with one attached hydrogen (secondary N) is 4. The Hall–Kier alpha value is -4.74. The van der Waals surface area contributed by atoms with Gasteiger partial charge in [0.05, 0.1) is 66.7 Å². The molecule has 0 heterocycles. The average molecular weight is 1230 g/mol. The summed E-state index contributed by atoms with van der Waals surface area (Å²) < 4.78 is 160. The van der Waals surface area contributed by atoms with Gasteiger partial charge in [-0.05, 0) is 121 Å². The molecule has 4 N–H and O–H groups in total. The second-order valence-electron chi connectivity index (χ2n) is 16.4. The number of ketones is 2. The first-order valence-electron chi connectivity index (χ1n) is 22.4.